The summed E-state index contributed by atoms with van der Waals surface area (Å²) in [6.45, 7) is 4.62. The number of aromatic nitrogens is 6. The molecule has 3 aromatic heterocycles. The zero-order valence-corrected chi connectivity index (χ0v) is 20.1. The Bertz CT molecular complexity index is 1310. The lowest BCUT2D eigenvalue weighted by atomic mass is 10.1. The van der Waals surface area contributed by atoms with Gasteiger partial charge in [0.05, 0.1) is 37.6 Å². The Morgan fingerprint density at radius 1 is 1.08 bits per heavy atom. The molecule has 2 aliphatic heterocycles. The van der Waals surface area contributed by atoms with Crippen molar-refractivity contribution in [1.82, 2.24) is 30.4 Å². The first kappa shape index (κ1) is 22.6. The van der Waals surface area contributed by atoms with E-state index in [0.717, 1.165) is 80.4 Å². The maximum Gasteiger partial charge on any atom is 0.231 e. The van der Waals surface area contributed by atoms with Crippen molar-refractivity contribution in [3.8, 4) is 17.0 Å². The summed E-state index contributed by atoms with van der Waals surface area (Å²) in [6.07, 6.45) is 5.36. The van der Waals surface area contributed by atoms with E-state index in [1.54, 1.807) is 19.5 Å². The third-order valence-corrected chi connectivity index (χ3v) is 6.56. The first-order chi connectivity index (χ1) is 17.8. The van der Waals surface area contributed by atoms with Gasteiger partial charge in [-0.2, -0.15) is 20.2 Å². The molecule has 0 spiro atoms. The summed E-state index contributed by atoms with van der Waals surface area (Å²) in [5, 5.41) is 22.3. The number of rotatable bonds is 7. The van der Waals surface area contributed by atoms with Gasteiger partial charge in [-0.05, 0) is 25.0 Å². The van der Waals surface area contributed by atoms with Gasteiger partial charge in [-0.15, -0.1) is 0 Å². The number of aromatic amines is 2. The highest BCUT2D eigenvalue weighted by Gasteiger charge is 2.22. The van der Waals surface area contributed by atoms with Gasteiger partial charge in [-0.1, -0.05) is 0 Å². The first-order valence-corrected chi connectivity index (χ1v) is 12.2. The standard InChI is InChI=1S/C24H29N9O3/c1-34-19-12-17(33-6-10-36-11-7-33)2-3-18(19)28-24-29-22(27-16-4-8-35-9-5-16)20-21(15-13-25-26-14-15)31-32-23(20)30-24/h2-3,12-14,16H,4-11H2,1H3,(H,25,26)(H3,27,28,29,30,31,32). The Morgan fingerprint density at radius 2 is 1.92 bits per heavy atom. The van der Waals surface area contributed by atoms with E-state index in [9.17, 15) is 0 Å². The minimum absolute atomic E-state index is 0.249. The van der Waals surface area contributed by atoms with Gasteiger partial charge >= 0.3 is 0 Å². The van der Waals surface area contributed by atoms with Crippen molar-refractivity contribution in [3.63, 3.8) is 0 Å². The molecular formula is C24H29N9O3. The number of hydrogen-bond acceptors (Lipinski definition) is 10. The van der Waals surface area contributed by atoms with Crippen LogP contribution in [0, 0.1) is 0 Å². The van der Waals surface area contributed by atoms with Gasteiger partial charge < -0.3 is 29.7 Å². The van der Waals surface area contributed by atoms with Crippen molar-refractivity contribution in [2.24, 2.45) is 0 Å². The van der Waals surface area contributed by atoms with E-state index in [0.29, 0.717) is 23.2 Å². The molecule has 0 bridgehead atoms. The van der Waals surface area contributed by atoms with E-state index in [-0.39, 0.29) is 6.04 Å². The topological polar surface area (TPSA) is 138 Å². The molecule has 4 N–H and O–H groups in total. The van der Waals surface area contributed by atoms with Crippen LogP contribution in [0.4, 0.5) is 23.1 Å². The van der Waals surface area contributed by atoms with Crippen molar-refractivity contribution in [3.05, 3.63) is 30.6 Å². The van der Waals surface area contributed by atoms with E-state index >= 15 is 0 Å². The van der Waals surface area contributed by atoms with Crippen LogP contribution in [0.2, 0.25) is 0 Å². The van der Waals surface area contributed by atoms with E-state index in [1.165, 1.54) is 0 Å². The number of ether oxygens (including phenoxy) is 3. The van der Waals surface area contributed by atoms with Crippen LogP contribution in [-0.2, 0) is 9.47 Å². The molecule has 6 rings (SSSR count). The number of methoxy groups -OCH3 is 1. The van der Waals surface area contributed by atoms with Gasteiger partial charge in [0.25, 0.3) is 0 Å². The van der Waals surface area contributed by atoms with Gasteiger partial charge in [0.2, 0.25) is 5.95 Å². The fraction of sp³-hybridized carbons (Fsp3) is 0.417. The number of hydrogen-bond donors (Lipinski definition) is 4. The molecule has 0 atom stereocenters. The smallest absolute Gasteiger partial charge is 0.231 e. The molecule has 0 radical (unpaired) electrons. The third kappa shape index (κ3) is 4.52. The largest absolute Gasteiger partial charge is 0.494 e. The monoisotopic (exact) mass is 491 g/mol. The number of benzene rings is 1. The summed E-state index contributed by atoms with van der Waals surface area (Å²) >= 11 is 0. The van der Waals surface area contributed by atoms with E-state index < -0.39 is 0 Å². The normalized spacial score (nSPS) is 16.9. The lowest BCUT2D eigenvalue weighted by Gasteiger charge is -2.29. The molecule has 2 fully saturated rings. The fourth-order valence-electron chi connectivity index (χ4n) is 4.64. The van der Waals surface area contributed by atoms with Gasteiger partial charge in [0, 0.05) is 55.9 Å². The lowest BCUT2D eigenvalue weighted by Crippen LogP contribution is -2.36. The first-order valence-electron chi connectivity index (χ1n) is 12.2. The van der Waals surface area contributed by atoms with E-state index in [2.05, 4.69) is 42.0 Å². The Balaban J connectivity index is 1.34. The average Bonchev–Trinajstić information content (AvgIpc) is 3.60. The van der Waals surface area contributed by atoms with Crippen LogP contribution >= 0.6 is 0 Å². The summed E-state index contributed by atoms with van der Waals surface area (Å²) in [5.74, 6) is 1.87. The van der Waals surface area contributed by atoms with Gasteiger partial charge in [-0.3, -0.25) is 10.2 Å². The third-order valence-electron chi connectivity index (χ3n) is 6.56. The van der Waals surface area contributed by atoms with Crippen molar-refractivity contribution in [1.29, 1.82) is 0 Å². The van der Waals surface area contributed by atoms with Crippen LogP contribution in [-0.4, -0.2) is 83.0 Å². The molecule has 2 saturated heterocycles. The molecule has 2 aliphatic rings. The summed E-state index contributed by atoms with van der Waals surface area (Å²) in [7, 11) is 1.66. The zero-order valence-electron chi connectivity index (χ0n) is 20.1. The van der Waals surface area contributed by atoms with Crippen LogP contribution in [0.3, 0.4) is 0 Å². The van der Waals surface area contributed by atoms with Crippen LogP contribution in [0.5, 0.6) is 5.75 Å². The predicted molar refractivity (Wildman–Crippen MR) is 136 cm³/mol. The number of anilines is 4. The lowest BCUT2D eigenvalue weighted by molar-refractivity contribution is 0.0904. The second-order valence-corrected chi connectivity index (χ2v) is 8.82. The summed E-state index contributed by atoms with van der Waals surface area (Å²) in [5.41, 5.74) is 4.10. The van der Waals surface area contributed by atoms with Crippen LogP contribution < -0.4 is 20.3 Å². The number of nitrogens with zero attached hydrogens (tertiary/aromatic N) is 5. The Hall–Kier alpha value is -3.90. The Kier molecular flexibility index (Phi) is 6.26. The van der Waals surface area contributed by atoms with E-state index in [1.807, 2.05) is 12.1 Å². The highest BCUT2D eigenvalue weighted by atomic mass is 16.5. The van der Waals surface area contributed by atoms with Crippen LogP contribution in [0.1, 0.15) is 12.8 Å². The fourth-order valence-corrected chi connectivity index (χ4v) is 4.64. The molecule has 0 amide bonds. The molecule has 36 heavy (non-hydrogen) atoms. The van der Waals surface area contributed by atoms with Crippen molar-refractivity contribution in [2.75, 3.05) is 62.2 Å². The molecule has 1 aromatic carbocycles. The van der Waals surface area contributed by atoms with Crippen LogP contribution in [0.25, 0.3) is 22.3 Å². The van der Waals surface area contributed by atoms with Gasteiger partial charge in [-0.25, -0.2) is 0 Å². The number of morpholine rings is 1. The Labute approximate surface area is 207 Å². The summed E-state index contributed by atoms with van der Waals surface area (Å²) in [6, 6.07) is 6.34. The average molecular weight is 492 g/mol. The molecule has 12 nitrogen and oxygen atoms in total. The molecule has 0 saturated carbocycles. The highest BCUT2D eigenvalue weighted by molar-refractivity contribution is 5.99. The van der Waals surface area contributed by atoms with E-state index in [4.69, 9.17) is 24.2 Å². The predicted octanol–water partition coefficient (Wildman–Crippen LogP) is 2.92. The number of H-pyrrole nitrogens is 2. The Morgan fingerprint density at radius 3 is 2.69 bits per heavy atom. The van der Waals surface area contributed by atoms with Crippen molar-refractivity contribution >= 4 is 34.2 Å². The summed E-state index contributed by atoms with van der Waals surface area (Å²) in [4.78, 5) is 11.9. The maximum atomic E-state index is 5.71. The molecule has 0 aliphatic carbocycles. The summed E-state index contributed by atoms with van der Waals surface area (Å²) < 4.78 is 16.7. The second-order valence-electron chi connectivity index (χ2n) is 8.82. The zero-order chi connectivity index (χ0) is 24.3. The maximum absolute atomic E-state index is 5.71. The minimum atomic E-state index is 0.249. The van der Waals surface area contributed by atoms with Gasteiger partial charge in [0.1, 0.15) is 17.3 Å². The quantitative estimate of drug-likeness (QED) is 0.305. The molecular weight excluding hydrogens is 462 g/mol. The van der Waals surface area contributed by atoms with Crippen molar-refractivity contribution in [2.45, 2.75) is 18.9 Å². The SMILES string of the molecule is COc1cc(N2CCOCC2)ccc1Nc1nc(NC2CCOCC2)c2c(-c3cn[nH]c3)n[nH]c2n1. The molecule has 188 valence electrons. The second kappa shape index (κ2) is 9.99. The molecule has 12 heteroatoms. The minimum Gasteiger partial charge on any atom is -0.494 e. The molecule has 5 heterocycles. The number of fused-ring (bicyclic) bond motifs is 1. The number of nitrogens with one attached hydrogen (secondary N) is 4. The van der Waals surface area contributed by atoms with Crippen LogP contribution in [0.15, 0.2) is 30.6 Å². The highest BCUT2D eigenvalue weighted by Crippen LogP contribution is 2.35. The molecule has 0 unspecified atom stereocenters. The van der Waals surface area contributed by atoms with Crippen molar-refractivity contribution < 1.29 is 14.2 Å². The molecule has 4 aromatic rings. The van der Waals surface area contributed by atoms with Gasteiger partial charge in [0.15, 0.2) is 5.65 Å².